The van der Waals surface area contributed by atoms with E-state index in [9.17, 15) is 9.90 Å². The third-order valence-electron chi connectivity index (χ3n) is 2.71. The molecule has 4 nitrogen and oxygen atoms in total. The van der Waals surface area contributed by atoms with E-state index in [1.807, 2.05) is 6.92 Å². The van der Waals surface area contributed by atoms with Crippen LogP contribution in [0.5, 0.6) is 5.75 Å². The van der Waals surface area contributed by atoms with E-state index in [4.69, 9.17) is 5.73 Å². The minimum atomic E-state index is -0.0475. The zero-order valence-electron chi connectivity index (χ0n) is 10.6. The molecule has 0 spiro atoms. The summed E-state index contributed by atoms with van der Waals surface area (Å²) in [5, 5.41) is 9.40. The number of nitrogens with zero attached hydrogens (tertiary/aromatic N) is 1. The van der Waals surface area contributed by atoms with Crippen molar-refractivity contribution in [3.05, 3.63) is 29.3 Å². The van der Waals surface area contributed by atoms with E-state index in [-0.39, 0.29) is 17.7 Å². The zero-order chi connectivity index (χ0) is 13.0. The molecule has 17 heavy (non-hydrogen) atoms. The molecule has 4 heteroatoms. The fourth-order valence-electron chi connectivity index (χ4n) is 1.51. The molecule has 1 rings (SSSR count). The van der Waals surface area contributed by atoms with Crippen LogP contribution in [0.25, 0.3) is 0 Å². The zero-order valence-corrected chi connectivity index (χ0v) is 10.6. The summed E-state index contributed by atoms with van der Waals surface area (Å²) < 4.78 is 0. The van der Waals surface area contributed by atoms with Crippen LogP contribution in [0.3, 0.4) is 0 Å². The lowest BCUT2D eigenvalue weighted by Crippen LogP contribution is -2.31. The van der Waals surface area contributed by atoms with Crippen LogP contribution in [0, 0.1) is 6.92 Å². The molecule has 1 atom stereocenters. The molecule has 3 N–H and O–H groups in total. The fourth-order valence-corrected chi connectivity index (χ4v) is 1.51. The lowest BCUT2D eigenvalue weighted by atomic mass is 10.1. The number of hydrogen-bond donors (Lipinski definition) is 2. The first kappa shape index (κ1) is 13.5. The van der Waals surface area contributed by atoms with Crippen molar-refractivity contribution < 1.29 is 9.90 Å². The highest BCUT2D eigenvalue weighted by molar-refractivity contribution is 5.94. The molecule has 0 saturated heterocycles. The number of amides is 1. The summed E-state index contributed by atoms with van der Waals surface area (Å²) in [4.78, 5) is 13.7. The fraction of sp³-hybridized carbons (Fsp3) is 0.462. The molecule has 0 aliphatic carbocycles. The van der Waals surface area contributed by atoms with E-state index in [1.54, 1.807) is 37.1 Å². The van der Waals surface area contributed by atoms with Crippen molar-refractivity contribution >= 4 is 5.91 Å². The molecule has 1 aromatic rings. The smallest absolute Gasteiger partial charge is 0.253 e. The number of carbonyl (C=O) groups excluding carboxylic acids is 1. The van der Waals surface area contributed by atoms with Gasteiger partial charge in [-0.05, 0) is 44.0 Å². The van der Waals surface area contributed by atoms with E-state index in [2.05, 4.69) is 0 Å². The molecule has 0 aliphatic rings. The van der Waals surface area contributed by atoms with E-state index in [1.165, 1.54) is 0 Å². The van der Waals surface area contributed by atoms with E-state index >= 15 is 0 Å². The topological polar surface area (TPSA) is 66.6 Å². The molecule has 1 unspecified atom stereocenters. The number of phenols is 1. The van der Waals surface area contributed by atoms with Gasteiger partial charge in [-0.2, -0.15) is 0 Å². The van der Waals surface area contributed by atoms with Gasteiger partial charge in [0.1, 0.15) is 5.75 Å². The lowest BCUT2D eigenvalue weighted by molar-refractivity contribution is 0.0792. The maximum absolute atomic E-state index is 12.0. The van der Waals surface area contributed by atoms with Gasteiger partial charge in [0.2, 0.25) is 0 Å². The summed E-state index contributed by atoms with van der Waals surface area (Å²) in [7, 11) is 1.76. The minimum absolute atomic E-state index is 0.0475. The van der Waals surface area contributed by atoms with Crippen molar-refractivity contribution in [3.8, 4) is 5.75 Å². The normalized spacial score (nSPS) is 12.2. The second-order valence-electron chi connectivity index (χ2n) is 4.49. The Morgan fingerprint density at radius 1 is 1.53 bits per heavy atom. The Balaban J connectivity index is 2.71. The van der Waals surface area contributed by atoms with Gasteiger partial charge in [-0.25, -0.2) is 0 Å². The number of hydrogen-bond acceptors (Lipinski definition) is 3. The van der Waals surface area contributed by atoms with Gasteiger partial charge in [0.25, 0.3) is 5.91 Å². The van der Waals surface area contributed by atoms with Crippen molar-refractivity contribution in [1.82, 2.24) is 4.90 Å². The van der Waals surface area contributed by atoms with Gasteiger partial charge >= 0.3 is 0 Å². The predicted molar refractivity (Wildman–Crippen MR) is 68.1 cm³/mol. The third-order valence-corrected chi connectivity index (χ3v) is 2.71. The van der Waals surface area contributed by atoms with Crippen LogP contribution in [0.2, 0.25) is 0 Å². The summed E-state index contributed by atoms with van der Waals surface area (Å²) >= 11 is 0. The average Bonchev–Trinajstić information content (AvgIpc) is 2.28. The van der Waals surface area contributed by atoms with Gasteiger partial charge in [-0.1, -0.05) is 0 Å². The van der Waals surface area contributed by atoms with Crippen molar-refractivity contribution in [3.63, 3.8) is 0 Å². The molecule has 94 valence electrons. The summed E-state index contributed by atoms with van der Waals surface area (Å²) in [6.07, 6.45) is 0.777. The van der Waals surface area contributed by atoms with Crippen LogP contribution in [0.4, 0.5) is 0 Å². The summed E-state index contributed by atoms with van der Waals surface area (Å²) in [5.74, 6) is 0.161. The van der Waals surface area contributed by atoms with E-state index in [0.29, 0.717) is 17.7 Å². The number of nitrogens with two attached hydrogens (primary N) is 1. The first-order valence-corrected chi connectivity index (χ1v) is 5.72. The summed E-state index contributed by atoms with van der Waals surface area (Å²) in [6, 6.07) is 4.96. The highest BCUT2D eigenvalue weighted by Crippen LogP contribution is 2.17. The Morgan fingerprint density at radius 3 is 2.71 bits per heavy atom. The van der Waals surface area contributed by atoms with E-state index < -0.39 is 0 Å². The van der Waals surface area contributed by atoms with Crippen LogP contribution in [-0.4, -0.2) is 35.5 Å². The number of rotatable bonds is 4. The Bertz CT molecular complexity index is 402. The summed E-state index contributed by atoms with van der Waals surface area (Å²) in [5.41, 5.74) is 6.95. The van der Waals surface area contributed by atoms with Gasteiger partial charge in [0, 0.05) is 25.2 Å². The van der Waals surface area contributed by atoms with Crippen LogP contribution in [0.1, 0.15) is 29.3 Å². The SMILES string of the molecule is Cc1cc(C(=O)N(C)CCC(C)N)ccc1O. The van der Waals surface area contributed by atoms with Gasteiger partial charge in [-0.3, -0.25) is 4.79 Å². The maximum atomic E-state index is 12.0. The molecule has 0 aromatic heterocycles. The predicted octanol–water partition coefficient (Wildman–Crippen LogP) is 1.51. The van der Waals surface area contributed by atoms with Crippen LogP contribution < -0.4 is 5.73 Å². The molecule has 0 heterocycles. The van der Waals surface area contributed by atoms with Crippen LogP contribution in [0.15, 0.2) is 18.2 Å². The Kier molecular flexibility index (Phi) is 4.52. The van der Waals surface area contributed by atoms with Gasteiger partial charge in [0.05, 0.1) is 0 Å². The largest absolute Gasteiger partial charge is 0.508 e. The second kappa shape index (κ2) is 5.68. The number of aryl methyl sites for hydroxylation is 1. The molecule has 0 fully saturated rings. The first-order valence-electron chi connectivity index (χ1n) is 5.72. The third kappa shape index (κ3) is 3.75. The Morgan fingerprint density at radius 2 is 2.18 bits per heavy atom. The van der Waals surface area contributed by atoms with Gasteiger partial charge in [-0.15, -0.1) is 0 Å². The number of aromatic hydroxyl groups is 1. The molecular weight excluding hydrogens is 216 g/mol. The number of phenolic OH excluding ortho intramolecular Hbond substituents is 1. The molecule has 0 bridgehead atoms. The maximum Gasteiger partial charge on any atom is 0.253 e. The number of benzene rings is 1. The summed E-state index contributed by atoms with van der Waals surface area (Å²) in [6.45, 7) is 4.33. The van der Waals surface area contributed by atoms with Crippen LogP contribution >= 0.6 is 0 Å². The second-order valence-corrected chi connectivity index (χ2v) is 4.49. The Labute approximate surface area is 102 Å². The van der Waals surface area contributed by atoms with E-state index in [0.717, 1.165) is 6.42 Å². The molecule has 0 saturated carbocycles. The van der Waals surface area contributed by atoms with Crippen molar-refractivity contribution in [2.45, 2.75) is 26.3 Å². The van der Waals surface area contributed by atoms with Gasteiger partial charge in [0.15, 0.2) is 0 Å². The highest BCUT2D eigenvalue weighted by Gasteiger charge is 2.12. The average molecular weight is 236 g/mol. The minimum Gasteiger partial charge on any atom is -0.508 e. The van der Waals surface area contributed by atoms with Gasteiger partial charge < -0.3 is 15.7 Å². The number of carbonyl (C=O) groups is 1. The standard InChI is InChI=1S/C13H20N2O2/c1-9-8-11(4-5-12(9)16)13(17)15(3)7-6-10(2)14/h4-5,8,10,16H,6-7,14H2,1-3H3. The van der Waals surface area contributed by atoms with Crippen molar-refractivity contribution in [1.29, 1.82) is 0 Å². The van der Waals surface area contributed by atoms with Crippen molar-refractivity contribution in [2.24, 2.45) is 5.73 Å². The molecular formula is C13H20N2O2. The molecule has 1 aromatic carbocycles. The molecule has 0 radical (unpaired) electrons. The quantitative estimate of drug-likeness (QED) is 0.832. The molecule has 1 amide bonds. The first-order chi connectivity index (χ1) is 7.91. The van der Waals surface area contributed by atoms with Crippen molar-refractivity contribution in [2.75, 3.05) is 13.6 Å². The lowest BCUT2D eigenvalue weighted by Gasteiger charge is -2.18. The highest BCUT2D eigenvalue weighted by atomic mass is 16.3. The Hall–Kier alpha value is -1.55. The van der Waals surface area contributed by atoms with Crippen LogP contribution in [-0.2, 0) is 0 Å². The monoisotopic (exact) mass is 236 g/mol. The molecule has 0 aliphatic heterocycles.